The van der Waals surface area contributed by atoms with Crippen molar-refractivity contribution in [3.05, 3.63) is 97.2 Å². The number of phosphoric acid groups is 1. The van der Waals surface area contributed by atoms with E-state index in [4.69, 9.17) is 23.3 Å². The number of carbonyl (C=O) groups excluding carboxylic acids is 3. The van der Waals surface area contributed by atoms with E-state index >= 15 is 0 Å². The van der Waals surface area contributed by atoms with Gasteiger partial charge in [-0.25, -0.2) is 4.57 Å². The number of rotatable bonds is 59. The molecule has 11 nitrogen and oxygen atoms in total. The Balaban J connectivity index is 4.78. The van der Waals surface area contributed by atoms with Crippen LogP contribution < -0.4 is 0 Å². The molecule has 0 aromatic rings. The number of aliphatic hydroxyl groups excluding tert-OH is 1. The lowest BCUT2D eigenvalue weighted by Crippen LogP contribution is -2.30. The highest BCUT2D eigenvalue weighted by Crippen LogP contribution is 2.43. The summed E-state index contributed by atoms with van der Waals surface area (Å²) in [5, 5.41) is 9.86. The summed E-state index contributed by atoms with van der Waals surface area (Å²) in [4.78, 5) is 48.7. The molecule has 0 aliphatic rings. The molecule has 12 heteroatoms. The standard InChI is InChI=1S/C68H117O11P/c1-4-7-10-13-16-19-22-25-28-30-32-34-37-40-43-46-49-52-55-58-67(71)78-64(60-69)62-76-80(73,74)77-63-65(61-75-66(70)57-54-51-48-45-42-39-36-27-24-21-18-15-12-9-6-3)79-68(72)59-56-53-50-47-44-41-38-35-33-31-29-26-23-20-17-14-11-8-5-2/h8,11,17,20,25-29,33,35-36,41,44,50,53,64-65,69H,4-7,9-10,12-16,18-19,21-24,30-32,34,37-40,42-43,45-49,51-52,54-63H2,1-3H3,(H,73,74)/b11-8-,20-17-,28-25-,29-26-,35-33-,36-27-,44-41-,53-50-. The molecule has 0 aromatic heterocycles. The van der Waals surface area contributed by atoms with E-state index in [2.05, 4.69) is 106 Å². The third-order valence-electron chi connectivity index (χ3n) is 13.5. The molecular weight excluding hydrogens is 1020 g/mol. The van der Waals surface area contributed by atoms with Crippen molar-refractivity contribution in [3.8, 4) is 0 Å². The highest BCUT2D eigenvalue weighted by molar-refractivity contribution is 7.47. The van der Waals surface area contributed by atoms with E-state index in [1.54, 1.807) is 0 Å². The number of unbranched alkanes of at least 4 members (excludes halogenated alkanes) is 26. The molecule has 0 amide bonds. The summed E-state index contributed by atoms with van der Waals surface area (Å²) < 4.78 is 39.6. The number of ether oxygens (including phenoxy) is 3. The molecule has 0 saturated carbocycles. The van der Waals surface area contributed by atoms with Crippen LogP contribution >= 0.6 is 7.82 Å². The van der Waals surface area contributed by atoms with Crippen LogP contribution in [-0.4, -0.2) is 66.5 Å². The van der Waals surface area contributed by atoms with E-state index in [0.29, 0.717) is 25.7 Å². The van der Waals surface area contributed by atoms with E-state index in [1.807, 2.05) is 12.2 Å². The van der Waals surface area contributed by atoms with Crippen molar-refractivity contribution in [2.75, 3.05) is 26.4 Å². The van der Waals surface area contributed by atoms with Gasteiger partial charge >= 0.3 is 25.7 Å². The zero-order chi connectivity index (χ0) is 58.3. The van der Waals surface area contributed by atoms with Crippen molar-refractivity contribution in [2.24, 2.45) is 0 Å². The molecule has 0 rings (SSSR count). The van der Waals surface area contributed by atoms with Crippen molar-refractivity contribution in [1.29, 1.82) is 0 Å². The van der Waals surface area contributed by atoms with Gasteiger partial charge in [0.1, 0.15) is 12.7 Å². The largest absolute Gasteiger partial charge is 0.472 e. The minimum atomic E-state index is -4.78. The van der Waals surface area contributed by atoms with Gasteiger partial charge in [-0.3, -0.25) is 23.4 Å². The first-order chi connectivity index (χ1) is 39.2. The molecule has 2 N–H and O–H groups in total. The van der Waals surface area contributed by atoms with Crippen LogP contribution in [0.25, 0.3) is 0 Å². The predicted octanol–water partition coefficient (Wildman–Crippen LogP) is 19.6. The summed E-state index contributed by atoms with van der Waals surface area (Å²) in [6.07, 6.45) is 73.7. The van der Waals surface area contributed by atoms with E-state index < -0.39 is 57.8 Å². The number of phosphoric ester groups is 1. The highest BCUT2D eigenvalue weighted by Gasteiger charge is 2.28. The second-order valence-corrected chi connectivity index (χ2v) is 22.6. The summed E-state index contributed by atoms with van der Waals surface area (Å²) in [5.74, 6) is -1.58. The van der Waals surface area contributed by atoms with Gasteiger partial charge in [0.25, 0.3) is 0 Å². The number of aliphatic hydroxyl groups is 1. The molecule has 3 atom stereocenters. The van der Waals surface area contributed by atoms with Crippen LogP contribution in [0.2, 0.25) is 0 Å². The van der Waals surface area contributed by atoms with Gasteiger partial charge in [-0.15, -0.1) is 0 Å². The number of carbonyl (C=O) groups is 3. The Morgan fingerprint density at radius 1 is 0.362 bits per heavy atom. The highest BCUT2D eigenvalue weighted by atomic mass is 31.2. The van der Waals surface area contributed by atoms with Gasteiger partial charge in [-0.2, -0.15) is 0 Å². The molecule has 0 aromatic carbocycles. The monoisotopic (exact) mass is 1140 g/mol. The molecule has 0 saturated heterocycles. The first-order valence-electron chi connectivity index (χ1n) is 32.1. The van der Waals surface area contributed by atoms with Crippen LogP contribution in [0.4, 0.5) is 0 Å². The average molecular weight is 1140 g/mol. The zero-order valence-electron chi connectivity index (χ0n) is 51.0. The maximum atomic E-state index is 12.9. The smallest absolute Gasteiger partial charge is 0.462 e. The quantitative estimate of drug-likeness (QED) is 0.0197. The zero-order valence-corrected chi connectivity index (χ0v) is 51.9. The minimum Gasteiger partial charge on any atom is -0.462 e. The Bertz CT molecular complexity index is 1710. The van der Waals surface area contributed by atoms with Gasteiger partial charge in [0.05, 0.1) is 19.8 Å². The molecular formula is C68H117O11P. The summed E-state index contributed by atoms with van der Waals surface area (Å²) in [6, 6.07) is 0. The van der Waals surface area contributed by atoms with Gasteiger partial charge < -0.3 is 24.2 Å². The van der Waals surface area contributed by atoms with Gasteiger partial charge in [0.2, 0.25) is 0 Å². The third kappa shape index (κ3) is 59.0. The van der Waals surface area contributed by atoms with Crippen LogP contribution in [0.5, 0.6) is 0 Å². The summed E-state index contributed by atoms with van der Waals surface area (Å²) >= 11 is 0. The Morgan fingerprint density at radius 2 is 0.675 bits per heavy atom. The Labute approximate surface area is 489 Å². The molecule has 0 bridgehead atoms. The molecule has 0 spiro atoms. The Hall–Kier alpha value is -3.60. The number of hydrogen-bond acceptors (Lipinski definition) is 10. The molecule has 0 aliphatic carbocycles. The van der Waals surface area contributed by atoms with Gasteiger partial charge in [0, 0.05) is 19.3 Å². The number of hydrogen-bond donors (Lipinski definition) is 2. The van der Waals surface area contributed by atoms with Crippen molar-refractivity contribution in [2.45, 2.75) is 290 Å². The Kier molecular flexibility index (Phi) is 58.7. The minimum absolute atomic E-state index is 0.0379. The molecule has 80 heavy (non-hydrogen) atoms. The first kappa shape index (κ1) is 76.4. The fourth-order valence-corrected chi connectivity index (χ4v) is 9.39. The normalized spacial score (nSPS) is 13.9. The summed E-state index contributed by atoms with van der Waals surface area (Å²) in [6.45, 7) is 4.46. The van der Waals surface area contributed by atoms with Gasteiger partial charge in [-0.1, -0.05) is 246 Å². The van der Waals surface area contributed by atoms with E-state index in [0.717, 1.165) is 89.9 Å². The molecule has 0 heterocycles. The molecule has 0 radical (unpaired) electrons. The van der Waals surface area contributed by atoms with E-state index in [-0.39, 0.29) is 25.9 Å². The number of allylic oxidation sites excluding steroid dienone is 16. The lowest BCUT2D eigenvalue weighted by molar-refractivity contribution is -0.161. The molecule has 0 aliphatic heterocycles. The molecule has 460 valence electrons. The molecule has 0 fully saturated rings. The van der Waals surface area contributed by atoms with E-state index in [9.17, 15) is 28.9 Å². The van der Waals surface area contributed by atoms with Gasteiger partial charge in [0.15, 0.2) is 6.10 Å². The SMILES string of the molecule is CC/C=C\C/C=C\C/C=C\C/C=C\C/C=C\C/C=C\CCC(=O)OC(COC(=O)CCCCCCC/C=C\CCCCCCCC)COP(=O)(O)OCC(CO)OC(=O)CCCCCCCCCCC/C=C\CCCCCCCC. The Morgan fingerprint density at radius 3 is 1.07 bits per heavy atom. The maximum Gasteiger partial charge on any atom is 0.472 e. The molecule has 3 unspecified atom stereocenters. The van der Waals surface area contributed by atoms with Crippen LogP contribution in [0.15, 0.2) is 97.2 Å². The fraction of sp³-hybridized carbons (Fsp3) is 0.721. The number of esters is 3. The van der Waals surface area contributed by atoms with Crippen LogP contribution in [-0.2, 0) is 42.2 Å². The van der Waals surface area contributed by atoms with E-state index in [1.165, 1.54) is 122 Å². The van der Waals surface area contributed by atoms with Crippen LogP contribution in [0, 0.1) is 0 Å². The van der Waals surface area contributed by atoms with Crippen LogP contribution in [0.3, 0.4) is 0 Å². The maximum absolute atomic E-state index is 12.9. The van der Waals surface area contributed by atoms with Crippen LogP contribution in [0.1, 0.15) is 278 Å². The topological polar surface area (TPSA) is 155 Å². The predicted molar refractivity (Wildman–Crippen MR) is 334 cm³/mol. The van der Waals surface area contributed by atoms with Crippen molar-refractivity contribution in [3.63, 3.8) is 0 Å². The fourth-order valence-electron chi connectivity index (χ4n) is 8.61. The summed E-state index contributed by atoms with van der Waals surface area (Å²) in [5.41, 5.74) is 0. The summed E-state index contributed by atoms with van der Waals surface area (Å²) in [7, 11) is -4.78. The average Bonchev–Trinajstić information content (AvgIpc) is 3.45. The first-order valence-corrected chi connectivity index (χ1v) is 33.6. The lowest BCUT2D eigenvalue weighted by atomic mass is 10.1. The van der Waals surface area contributed by atoms with Gasteiger partial charge in [-0.05, 0) is 109 Å². The lowest BCUT2D eigenvalue weighted by Gasteiger charge is -2.21. The second kappa shape index (κ2) is 61.5. The van der Waals surface area contributed by atoms with Crippen molar-refractivity contribution >= 4 is 25.7 Å². The van der Waals surface area contributed by atoms with Crippen molar-refractivity contribution < 1.29 is 52.2 Å². The van der Waals surface area contributed by atoms with Crippen molar-refractivity contribution in [1.82, 2.24) is 0 Å². The second-order valence-electron chi connectivity index (χ2n) is 21.2. The third-order valence-corrected chi connectivity index (χ3v) is 14.4.